The third-order valence-electron chi connectivity index (χ3n) is 3.27. The normalized spacial score (nSPS) is 17.5. The number of carboxylic acid groups (broad SMARTS) is 1. The van der Waals surface area contributed by atoms with E-state index in [2.05, 4.69) is 0 Å². The van der Waals surface area contributed by atoms with Gasteiger partial charge in [-0.1, -0.05) is 30.0 Å². The summed E-state index contributed by atoms with van der Waals surface area (Å²) < 4.78 is 10.6. The molecule has 6 nitrogen and oxygen atoms in total. The third kappa shape index (κ3) is 3.48. The van der Waals surface area contributed by atoms with E-state index >= 15 is 0 Å². The summed E-state index contributed by atoms with van der Waals surface area (Å²) in [6.45, 7) is 1.42. The van der Waals surface area contributed by atoms with Gasteiger partial charge in [-0.25, -0.2) is 4.79 Å². The van der Waals surface area contributed by atoms with Gasteiger partial charge in [0.1, 0.15) is 10.4 Å². The number of methoxy groups -OCH3 is 2. The van der Waals surface area contributed by atoms with E-state index in [9.17, 15) is 9.59 Å². The van der Waals surface area contributed by atoms with Crippen molar-refractivity contribution in [3.05, 3.63) is 28.7 Å². The predicted octanol–water partition coefficient (Wildman–Crippen LogP) is 2.38. The molecule has 1 N–H and O–H groups in total. The minimum Gasteiger partial charge on any atom is -0.493 e. The van der Waals surface area contributed by atoms with Gasteiger partial charge in [-0.3, -0.25) is 9.69 Å². The van der Waals surface area contributed by atoms with Gasteiger partial charge < -0.3 is 14.6 Å². The van der Waals surface area contributed by atoms with Crippen LogP contribution in [0, 0.1) is 0 Å². The van der Waals surface area contributed by atoms with Crippen LogP contribution >= 0.6 is 24.0 Å². The SMILES string of the molecule is COc1ccc(/C=C2\SC(=S)N([C@H](C)C(=O)O)C2=O)cc1OC. The molecule has 0 spiro atoms. The van der Waals surface area contributed by atoms with Crippen molar-refractivity contribution in [1.82, 2.24) is 4.90 Å². The smallest absolute Gasteiger partial charge is 0.326 e. The number of ether oxygens (including phenoxy) is 2. The Kier molecular flexibility index (Phi) is 5.27. The van der Waals surface area contributed by atoms with Crippen molar-refractivity contribution in [1.29, 1.82) is 0 Å². The Morgan fingerprint density at radius 2 is 2.00 bits per heavy atom. The van der Waals surface area contributed by atoms with Gasteiger partial charge >= 0.3 is 5.97 Å². The lowest BCUT2D eigenvalue weighted by atomic mass is 10.1. The molecule has 1 amide bonds. The zero-order valence-corrected chi connectivity index (χ0v) is 14.4. The molecule has 2 rings (SSSR count). The van der Waals surface area contributed by atoms with Gasteiger partial charge in [0, 0.05) is 0 Å². The first-order valence-electron chi connectivity index (χ1n) is 6.61. The lowest BCUT2D eigenvalue weighted by Crippen LogP contribution is -2.41. The van der Waals surface area contributed by atoms with Gasteiger partial charge in [-0.05, 0) is 30.7 Å². The molecule has 0 saturated carbocycles. The van der Waals surface area contributed by atoms with Crippen LogP contribution in [0.3, 0.4) is 0 Å². The topological polar surface area (TPSA) is 76.1 Å². The van der Waals surface area contributed by atoms with E-state index in [1.54, 1.807) is 24.3 Å². The van der Waals surface area contributed by atoms with Crippen molar-refractivity contribution in [3.8, 4) is 11.5 Å². The monoisotopic (exact) mass is 353 g/mol. The second-order valence-electron chi connectivity index (χ2n) is 4.68. The Morgan fingerprint density at radius 1 is 1.35 bits per heavy atom. The Hall–Kier alpha value is -2.06. The van der Waals surface area contributed by atoms with E-state index in [0.29, 0.717) is 16.4 Å². The van der Waals surface area contributed by atoms with E-state index in [0.717, 1.165) is 22.2 Å². The standard InChI is InChI=1S/C15H15NO5S2/c1-8(14(18)19)16-13(17)12(23-15(16)22)7-9-4-5-10(20-2)11(6-9)21-3/h4-8H,1-3H3,(H,18,19)/b12-7-/t8-/m1/s1. The maximum Gasteiger partial charge on any atom is 0.326 e. The lowest BCUT2D eigenvalue weighted by molar-refractivity contribution is -0.144. The third-order valence-corrected chi connectivity index (χ3v) is 4.60. The van der Waals surface area contributed by atoms with Gasteiger partial charge in [0.2, 0.25) is 0 Å². The molecule has 0 unspecified atom stereocenters. The van der Waals surface area contributed by atoms with E-state index in [-0.39, 0.29) is 4.32 Å². The van der Waals surface area contributed by atoms with Gasteiger partial charge in [0.15, 0.2) is 11.5 Å². The number of hydrogen-bond acceptors (Lipinski definition) is 6. The van der Waals surface area contributed by atoms with Crippen LogP contribution in [0.25, 0.3) is 6.08 Å². The van der Waals surface area contributed by atoms with Crippen molar-refractivity contribution in [3.63, 3.8) is 0 Å². The highest BCUT2D eigenvalue weighted by Gasteiger charge is 2.38. The first kappa shape index (κ1) is 17.3. The molecule has 1 heterocycles. The fourth-order valence-electron chi connectivity index (χ4n) is 2.02. The summed E-state index contributed by atoms with van der Waals surface area (Å²) in [4.78, 5) is 24.9. The summed E-state index contributed by atoms with van der Waals surface area (Å²) >= 11 is 6.19. The number of nitrogens with zero attached hydrogens (tertiary/aromatic N) is 1. The number of aliphatic carboxylic acids is 1. The van der Waals surface area contributed by atoms with Crippen molar-refractivity contribution in [2.75, 3.05) is 14.2 Å². The van der Waals surface area contributed by atoms with Crippen LogP contribution in [0.5, 0.6) is 11.5 Å². The fourth-order valence-corrected chi connectivity index (χ4v) is 3.44. The van der Waals surface area contributed by atoms with Crippen LogP contribution in [0.4, 0.5) is 0 Å². The number of carboxylic acids is 1. The number of hydrogen-bond donors (Lipinski definition) is 1. The van der Waals surface area contributed by atoms with Crippen LogP contribution in [-0.2, 0) is 9.59 Å². The molecule has 1 saturated heterocycles. The number of thioether (sulfide) groups is 1. The number of carbonyl (C=O) groups excluding carboxylic acids is 1. The summed E-state index contributed by atoms with van der Waals surface area (Å²) in [5, 5.41) is 9.07. The Morgan fingerprint density at radius 3 is 2.57 bits per heavy atom. The van der Waals surface area contributed by atoms with Crippen LogP contribution in [0.15, 0.2) is 23.1 Å². The van der Waals surface area contributed by atoms with Gasteiger partial charge in [-0.15, -0.1) is 0 Å². The first-order chi connectivity index (χ1) is 10.9. The average Bonchev–Trinajstić information content (AvgIpc) is 2.80. The first-order valence-corrected chi connectivity index (χ1v) is 7.83. The van der Waals surface area contributed by atoms with Crippen LogP contribution in [-0.4, -0.2) is 46.5 Å². The van der Waals surface area contributed by atoms with Crippen LogP contribution in [0.1, 0.15) is 12.5 Å². The number of thiocarbonyl (C=S) groups is 1. The second-order valence-corrected chi connectivity index (χ2v) is 6.36. The average molecular weight is 353 g/mol. The van der Waals surface area contributed by atoms with E-state index in [1.165, 1.54) is 21.1 Å². The number of amides is 1. The van der Waals surface area contributed by atoms with Gasteiger partial charge in [-0.2, -0.15) is 0 Å². The summed E-state index contributed by atoms with van der Waals surface area (Å²) in [6.07, 6.45) is 1.65. The highest BCUT2D eigenvalue weighted by atomic mass is 32.2. The van der Waals surface area contributed by atoms with Crippen LogP contribution in [0.2, 0.25) is 0 Å². The molecule has 1 aliphatic heterocycles. The molecule has 1 fully saturated rings. The quantitative estimate of drug-likeness (QED) is 0.643. The lowest BCUT2D eigenvalue weighted by Gasteiger charge is -2.18. The molecule has 1 atom stereocenters. The van der Waals surface area contributed by atoms with E-state index < -0.39 is 17.9 Å². The zero-order chi connectivity index (χ0) is 17.1. The number of carbonyl (C=O) groups is 2. The largest absolute Gasteiger partial charge is 0.493 e. The molecule has 0 radical (unpaired) electrons. The Bertz CT molecular complexity index is 701. The minimum absolute atomic E-state index is 0.233. The highest BCUT2D eigenvalue weighted by molar-refractivity contribution is 8.26. The summed E-state index contributed by atoms with van der Waals surface area (Å²) in [6, 6.07) is 4.23. The minimum atomic E-state index is -1.10. The molecule has 23 heavy (non-hydrogen) atoms. The second kappa shape index (κ2) is 7.01. The van der Waals surface area contributed by atoms with E-state index in [4.69, 9.17) is 26.8 Å². The molecule has 0 bridgehead atoms. The molecular weight excluding hydrogens is 338 g/mol. The maximum absolute atomic E-state index is 12.4. The Labute approximate surface area is 143 Å². The number of benzene rings is 1. The summed E-state index contributed by atoms with van der Waals surface area (Å²) in [5.74, 6) is -0.398. The maximum atomic E-state index is 12.4. The number of rotatable bonds is 5. The molecule has 1 aliphatic rings. The van der Waals surface area contributed by atoms with Crippen molar-refractivity contribution >= 4 is 46.3 Å². The predicted molar refractivity (Wildman–Crippen MR) is 91.7 cm³/mol. The molecule has 1 aromatic rings. The van der Waals surface area contributed by atoms with Crippen molar-refractivity contribution in [2.45, 2.75) is 13.0 Å². The molecule has 0 aliphatic carbocycles. The van der Waals surface area contributed by atoms with Gasteiger partial charge in [0.05, 0.1) is 19.1 Å². The Balaban J connectivity index is 2.32. The van der Waals surface area contributed by atoms with Crippen molar-refractivity contribution in [2.24, 2.45) is 0 Å². The van der Waals surface area contributed by atoms with Crippen molar-refractivity contribution < 1.29 is 24.2 Å². The van der Waals surface area contributed by atoms with E-state index in [1.807, 2.05) is 0 Å². The van der Waals surface area contributed by atoms with Gasteiger partial charge in [0.25, 0.3) is 5.91 Å². The molecule has 8 heteroatoms. The van der Waals surface area contributed by atoms with Crippen LogP contribution < -0.4 is 9.47 Å². The molecule has 122 valence electrons. The zero-order valence-electron chi connectivity index (χ0n) is 12.7. The summed E-state index contributed by atoms with van der Waals surface area (Å²) in [5.41, 5.74) is 0.728. The highest BCUT2D eigenvalue weighted by Crippen LogP contribution is 2.35. The molecular formula is C15H15NO5S2. The fraction of sp³-hybridized carbons (Fsp3) is 0.267. The molecule has 0 aromatic heterocycles. The molecule has 1 aromatic carbocycles. The summed E-state index contributed by atoms with van der Waals surface area (Å²) in [7, 11) is 3.06.